The highest BCUT2D eigenvalue weighted by molar-refractivity contribution is 6.24. The number of nitrogens with one attached hydrogen (secondary N) is 1. The predicted octanol–water partition coefficient (Wildman–Crippen LogP) is 3.77. The van der Waals surface area contributed by atoms with Crippen molar-refractivity contribution in [2.45, 2.75) is 24.7 Å². The molecule has 2 aromatic carbocycles. The van der Waals surface area contributed by atoms with Crippen molar-refractivity contribution in [3.63, 3.8) is 0 Å². The van der Waals surface area contributed by atoms with Crippen LogP contribution in [0.4, 0.5) is 29.3 Å². The van der Waals surface area contributed by atoms with E-state index >= 15 is 0 Å². The molecule has 7 nitrogen and oxygen atoms in total. The van der Waals surface area contributed by atoms with E-state index in [0.29, 0.717) is 18.5 Å². The largest absolute Gasteiger partial charge is 0.573 e. The van der Waals surface area contributed by atoms with E-state index in [2.05, 4.69) is 15.0 Å². The molecule has 0 radical (unpaired) electrons. The molecule has 1 saturated carbocycles. The molecule has 2 heterocycles. The third kappa shape index (κ3) is 3.37. The molecule has 164 valence electrons. The SMILES string of the molecule is Nc1ccc2c(CC3CC34NC(=O)N(c3ccc(OC(F)(F)F)cc3)C4=O)ccnc2c1. The van der Waals surface area contributed by atoms with Crippen molar-refractivity contribution in [2.75, 3.05) is 10.6 Å². The van der Waals surface area contributed by atoms with Gasteiger partial charge in [-0.3, -0.25) is 9.78 Å². The van der Waals surface area contributed by atoms with Crippen LogP contribution in [0.2, 0.25) is 0 Å². The monoisotopic (exact) mass is 442 g/mol. The first kappa shape index (κ1) is 20.1. The van der Waals surface area contributed by atoms with Gasteiger partial charge in [-0.2, -0.15) is 0 Å². The van der Waals surface area contributed by atoms with Crippen molar-refractivity contribution in [3.05, 3.63) is 60.3 Å². The van der Waals surface area contributed by atoms with Gasteiger partial charge in [-0.1, -0.05) is 6.07 Å². The standard InChI is InChI=1S/C22H17F3N4O3/c23-22(24,25)32-16-4-2-15(3-5-16)29-19(30)21(28-20(29)31)11-13(21)9-12-7-8-27-18-10-14(26)1-6-17(12)18/h1-8,10,13H,9,11,26H2,(H,28,31). The van der Waals surface area contributed by atoms with Gasteiger partial charge in [0, 0.05) is 17.3 Å². The first-order valence-electron chi connectivity index (χ1n) is 9.82. The van der Waals surface area contributed by atoms with Crippen LogP contribution in [-0.4, -0.2) is 28.8 Å². The number of imide groups is 1. The number of fused-ring (bicyclic) bond motifs is 1. The lowest BCUT2D eigenvalue weighted by atomic mass is 10.0. The van der Waals surface area contributed by atoms with Crippen LogP contribution in [0.1, 0.15) is 12.0 Å². The summed E-state index contributed by atoms with van der Waals surface area (Å²) < 4.78 is 40.9. The number of hydrogen-bond donors (Lipinski definition) is 2. The fourth-order valence-electron chi connectivity index (χ4n) is 4.28. The van der Waals surface area contributed by atoms with Crippen molar-refractivity contribution < 1.29 is 27.5 Å². The van der Waals surface area contributed by atoms with Crippen LogP contribution in [0.15, 0.2) is 54.7 Å². The van der Waals surface area contributed by atoms with E-state index in [1.807, 2.05) is 12.1 Å². The summed E-state index contributed by atoms with van der Waals surface area (Å²) in [6.07, 6.45) is -2.11. The summed E-state index contributed by atoms with van der Waals surface area (Å²) in [5.74, 6) is -0.961. The Morgan fingerprint density at radius 2 is 1.91 bits per heavy atom. The number of nitrogens with two attached hydrogens (primary N) is 1. The Balaban J connectivity index is 1.35. The molecule has 3 amide bonds. The summed E-state index contributed by atoms with van der Waals surface area (Å²) in [5, 5.41) is 3.70. The second-order valence-electron chi connectivity index (χ2n) is 7.94. The zero-order chi connectivity index (χ0) is 22.7. The number of nitrogen functional groups attached to an aromatic ring is 1. The Morgan fingerprint density at radius 1 is 1.16 bits per heavy atom. The van der Waals surface area contributed by atoms with Gasteiger partial charge in [0.1, 0.15) is 11.3 Å². The van der Waals surface area contributed by atoms with Crippen LogP contribution in [-0.2, 0) is 11.2 Å². The number of hydrogen-bond acceptors (Lipinski definition) is 5. The van der Waals surface area contributed by atoms with Gasteiger partial charge in [-0.05, 0) is 66.8 Å². The maximum absolute atomic E-state index is 13.1. The average molecular weight is 442 g/mol. The Bertz CT molecular complexity index is 1250. The summed E-state index contributed by atoms with van der Waals surface area (Å²) in [6.45, 7) is 0. The lowest BCUT2D eigenvalue weighted by Crippen LogP contribution is -2.35. The molecule has 1 aliphatic carbocycles. The number of benzene rings is 2. The summed E-state index contributed by atoms with van der Waals surface area (Å²) in [5.41, 5.74) is 7.33. The lowest BCUT2D eigenvalue weighted by Gasteiger charge is -2.14. The van der Waals surface area contributed by atoms with Crippen LogP contribution in [0.3, 0.4) is 0 Å². The van der Waals surface area contributed by atoms with E-state index in [1.54, 1.807) is 18.3 Å². The van der Waals surface area contributed by atoms with Crippen LogP contribution >= 0.6 is 0 Å². The van der Waals surface area contributed by atoms with E-state index in [9.17, 15) is 22.8 Å². The minimum atomic E-state index is -4.82. The van der Waals surface area contributed by atoms with Crippen molar-refractivity contribution in [1.82, 2.24) is 10.3 Å². The van der Waals surface area contributed by atoms with Crippen molar-refractivity contribution in [1.29, 1.82) is 0 Å². The van der Waals surface area contributed by atoms with E-state index < -0.39 is 29.6 Å². The summed E-state index contributed by atoms with van der Waals surface area (Å²) in [6, 6.07) is 11.3. The van der Waals surface area contributed by atoms with Gasteiger partial charge in [-0.25, -0.2) is 9.69 Å². The van der Waals surface area contributed by atoms with Crippen LogP contribution in [0.5, 0.6) is 5.75 Å². The number of amides is 3. The Morgan fingerprint density at radius 3 is 2.62 bits per heavy atom. The molecule has 1 aliphatic heterocycles. The summed E-state index contributed by atoms with van der Waals surface area (Å²) in [7, 11) is 0. The molecule has 10 heteroatoms. The number of urea groups is 1. The third-order valence-electron chi connectivity index (χ3n) is 5.87. The zero-order valence-electron chi connectivity index (χ0n) is 16.5. The molecule has 32 heavy (non-hydrogen) atoms. The number of aromatic nitrogens is 1. The molecule has 5 rings (SSSR count). The van der Waals surface area contributed by atoms with E-state index in [4.69, 9.17) is 5.73 Å². The molecule has 1 saturated heterocycles. The molecule has 2 fully saturated rings. The molecule has 0 bridgehead atoms. The molecular formula is C22H17F3N4O3. The quantitative estimate of drug-likeness (QED) is 0.474. The normalized spacial score (nSPS) is 22.5. The van der Waals surface area contributed by atoms with Crippen molar-refractivity contribution in [2.24, 2.45) is 5.92 Å². The molecule has 2 unspecified atom stereocenters. The van der Waals surface area contributed by atoms with Crippen LogP contribution in [0, 0.1) is 5.92 Å². The molecule has 2 aliphatic rings. The second-order valence-corrected chi connectivity index (χ2v) is 7.94. The molecule has 3 aromatic rings. The van der Waals surface area contributed by atoms with Crippen molar-refractivity contribution >= 4 is 34.2 Å². The second kappa shape index (κ2) is 6.84. The molecule has 2 atom stereocenters. The fourth-order valence-corrected chi connectivity index (χ4v) is 4.28. The predicted molar refractivity (Wildman–Crippen MR) is 110 cm³/mol. The highest BCUT2D eigenvalue weighted by Gasteiger charge is 2.67. The number of pyridine rings is 1. The lowest BCUT2D eigenvalue weighted by molar-refractivity contribution is -0.274. The van der Waals surface area contributed by atoms with Gasteiger partial charge in [0.2, 0.25) is 0 Å². The molecule has 1 spiro atoms. The number of nitrogens with zero attached hydrogens (tertiary/aromatic N) is 2. The van der Waals surface area contributed by atoms with Crippen molar-refractivity contribution in [3.8, 4) is 5.75 Å². The van der Waals surface area contributed by atoms with Crippen LogP contribution < -0.4 is 20.7 Å². The smallest absolute Gasteiger partial charge is 0.406 e. The van der Waals surface area contributed by atoms with Gasteiger partial charge < -0.3 is 15.8 Å². The highest BCUT2D eigenvalue weighted by atomic mass is 19.4. The van der Waals surface area contributed by atoms with E-state index in [0.717, 1.165) is 33.5 Å². The molecule has 1 aromatic heterocycles. The number of alkyl halides is 3. The molecular weight excluding hydrogens is 425 g/mol. The van der Waals surface area contributed by atoms with Gasteiger partial charge in [0.05, 0.1) is 11.2 Å². The number of halogens is 3. The summed E-state index contributed by atoms with van der Waals surface area (Å²) in [4.78, 5) is 31.0. The Labute approximate surface area is 180 Å². The number of rotatable bonds is 4. The number of ether oxygens (including phenoxy) is 1. The van der Waals surface area contributed by atoms with E-state index in [1.165, 1.54) is 12.1 Å². The number of anilines is 2. The van der Waals surface area contributed by atoms with Gasteiger partial charge >= 0.3 is 12.4 Å². The zero-order valence-corrected chi connectivity index (χ0v) is 16.5. The van der Waals surface area contributed by atoms with Gasteiger partial charge in [0.25, 0.3) is 5.91 Å². The Kier molecular flexibility index (Phi) is 4.30. The first-order chi connectivity index (χ1) is 15.2. The number of carbonyl (C=O) groups excluding carboxylic acids is 2. The first-order valence-corrected chi connectivity index (χ1v) is 9.82. The minimum absolute atomic E-state index is 0.111. The third-order valence-corrected chi connectivity index (χ3v) is 5.87. The fraction of sp³-hybridized carbons (Fsp3) is 0.227. The maximum Gasteiger partial charge on any atom is 0.573 e. The van der Waals surface area contributed by atoms with Gasteiger partial charge in [-0.15, -0.1) is 13.2 Å². The highest BCUT2D eigenvalue weighted by Crippen LogP contribution is 2.50. The average Bonchev–Trinajstić information content (AvgIpc) is 3.34. The maximum atomic E-state index is 13.1. The van der Waals surface area contributed by atoms with Gasteiger partial charge in [0.15, 0.2) is 0 Å². The van der Waals surface area contributed by atoms with Crippen LogP contribution in [0.25, 0.3) is 10.9 Å². The summed E-state index contributed by atoms with van der Waals surface area (Å²) >= 11 is 0. The molecule has 3 N–H and O–H groups in total. The minimum Gasteiger partial charge on any atom is -0.406 e. The van der Waals surface area contributed by atoms with E-state index in [-0.39, 0.29) is 11.6 Å². The number of carbonyl (C=O) groups is 2. The topological polar surface area (TPSA) is 97.5 Å². The Hall–Kier alpha value is -3.82.